The first kappa shape index (κ1) is 22.8. The van der Waals surface area contributed by atoms with Gasteiger partial charge in [-0.3, -0.25) is 9.59 Å². The van der Waals surface area contributed by atoms with Gasteiger partial charge in [-0.05, 0) is 37.5 Å². The number of hydrogen-bond acceptors (Lipinski definition) is 3. The van der Waals surface area contributed by atoms with Gasteiger partial charge in [-0.15, -0.1) is 0 Å². The number of nitrogens with zero attached hydrogens (tertiary/aromatic N) is 1. The highest BCUT2D eigenvalue weighted by atomic mass is 35.5. The molecule has 0 aliphatic heterocycles. The standard InChI is InChI=1S/C23H29ClN2O3/c1-16(2)13-25-23(28)18(4)26(14-19-9-7-8-17(3)12-19)22(27)15-29-21-11-6-5-10-20(21)24/h5-12,16,18H,13-15H2,1-4H3,(H,25,28). The first-order valence-corrected chi connectivity index (χ1v) is 10.2. The lowest BCUT2D eigenvalue weighted by Crippen LogP contribution is -2.49. The largest absolute Gasteiger partial charge is 0.482 e. The maximum absolute atomic E-state index is 13.0. The molecule has 2 aromatic rings. The Bertz CT molecular complexity index is 838. The SMILES string of the molecule is Cc1cccc(CN(C(=O)COc2ccccc2Cl)C(C)C(=O)NCC(C)C)c1. The molecule has 156 valence electrons. The molecule has 6 heteroatoms. The van der Waals surface area contributed by atoms with Crippen LogP contribution in [-0.4, -0.2) is 35.9 Å². The summed E-state index contributed by atoms with van der Waals surface area (Å²) in [5.74, 6) is 0.307. The molecule has 1 atom stereocenters. The van der Waals surface area contributed by atoms with Gasteiger partial charge in [0.05, 0.1) is 5.02 Å². The lowest BCUT2D eigenvalue weighted by atomic mass is 10.1. The number of halogens is 1. The summed E-state index contributed by atoms with van der Waals surface area (Å²) in [4.78, 5) is 27.1. The molecule has 1 unspecified atom stereocenters. The summed E-state index contributed by atoms with van der Waals surface area (Å²) < 4.78 is 5.61. The third-order valence-electron chi connectivity index (χ3n) is 4.48. The van der Waals surface area contributed by atoms with E-state index in [9.17, 15) is 9.59 Å². The molecular weight excluding hydrogens is 388 g/mol. The molecule has 0 radical (unpaired) electrons. The zero-order valence-corrected chi connectivity index (χ0v) is 18.2. The van der Waals surface area contributed by atoms with Crippen molar-refractivity contribution in [3.05, 3.63) is 64.7 Å². The normalized spacial score (nSPS) is 11.8. The zero-order valence-electron chi connectivity index (χ0n) is 17.4. The number of aryl methyl sites for hydroxylation is 1. The van der Waals surface area contributed by atoms with Gasteiger partial charge in [0, 0.05) is 13.1 Å². The number of amides is 2. The topological polar surface area (TPSA) is 58.6 Å². The van der Waals surface area contributed by atoms with Crippen LogP contribution in [0.2, 0.25) is 5.02 Å². The third kappa shape index (κ3) is 7.09. The van der Waals surface area contributed by atoms with E-state index in [1.807, 2.05) is 45.0 Å². The Morgan fingerprint density at radius 2 is 1.83 bits per heavy atom. The molecule has 2 amide bonds. The maximum atomic E-state index is 13.0. The van der Waals surface area contributed by atoms with E-state index >= 15 is 0 Å². The van der Waals surface area contributed by atoms with Crippen molar-refractivity contribution in [2.45, 2.75) is 40.3 Å². The quantitative estimate of drug-likeness (QED) is 0.665. The van der Waals surface area contributed by atoms with Gasteiger partial charge in [-0.25, -0.2) is 0 Å². The predicted octanol–water partition coefficient (Wildman–Crippen LogP) is 4.22. The van der Waals surface area contributed by atoms with E-state index in [-0.39, 0.29) is 18.4 Å². The monoisotopic (exact) mass is 416 g/mol. The van der Waals surface area contributed by atoms with Crippen LogP contribution in [0, 0.1) is 12.8 Å². The van der Waals surface area contributed by atoms with Crippen molar-refractivity contribution in [2.24, 2.45) is 5.92 Å². The van der Waals surface area contributed by atoms with Crippen LogP contribution in [-0.2, 0) is 16.1 Å². The Labute approximate surface area is 178 Å². The van der Waals surface area contributed by atoms with Gasteiger partial charge in [0.15, 0.2) is 6.61 Å². The van der Waals surface area contributed by atoms with Crippen molar-refractivity contribution in [3.8, 4) is 5.75 Å². The molecule has 0 heterocycles. The molecule has 0 aromatic heterocycles. The Balaban J connectivity index is 2.14. The number of ether oxygens (including phenoxy) is 1. The van der Waals surface area contributed by atoms with Gasteiger partial charge in [-0.1, -0.05) is 67.4 Å². The van der Waals surface area contributed by atoms with Gasteiger partial charge in [-0.2, -0.15) is 0 Å². The minimum Gasteiger partial charge on any atom is -0.482 e. The molecule has 2 aromatic carbocycles. The number of benzene rings is 2. The van der Waals surface area contributed by atoms with Crippen LogP contribution in [0.15, 0.2) is 48.5 Å². The Hall–Kier alpha value is -2.53. The fourth-order valence-corrected chi connectivity index (χ4v) is 3.02. The van der Waals surface area contributed by atoms with Crippen molar-refractivity contribution in [3.63, 3.8) is 0 Å². The van der Waals surface area contributed by atoms with E-state index < -0.39 is 6.04 Å². The second-order valence-corrected chi connectivity index (χ2v) is 7.95. The molecule has 0 saturated carbocycles. The third-order valence-corrected chi connectivity index (χ3v) is 4.79. The van der Waals surface area contributed by atoms with Crippen molar-refractivity contribution >= 4 is 23.4 Å². The van der Waals surface area contributed by atoms with Crippen molar-refractivity contribution in [2.75, 3.05) is 13.2 Å². The fourth-order valence-electron chi connectivity index (χ4n) is 2.83. The lowest BCUT2D eigenvalue weighted by molar-refractivity contribution is -0.142. The molecule has 0 bridgehead atoms. The van der Waals surface area contributed by atoms with E-state index in [1.54, 1.807) is 36.1 Å². The zero-order chi connectivity index (χ0) is 21.4. The summed E-state index contributed by atoms with van der Waals surface area (Å²) in [6.07, 6.45) is 0. The number of nitrogens with one attached hydrogen (secondary N) is 1. The van der Waals surface area contributed by atoms with Crippen LogP contribution >= 0.6 is 11.6 Å². The van der Waals surface area contributed by atoms with Crippen LogP contribution in [0.4, 0.5) is 0 Å². The minimum absolute atomic E-state index is 0.183. The van der Waals surface area contributed by atoms with Gasteiger partial charge in [0.2, 0.25) is 5.91 Å². The first-order valence-electron chi connectivity index (χ1n) is 9.78. The molecule has 2 rings (SSSR count). The predicted molar refractivity (Wildman–Crippen MR) is 116 cm³/mol. The van der Waals surface area contributed by atoms with E-state index in [1.165, 1.54) is 0 Å². The van der Waals surface area contributed by atoms with Crippen molar-refractivity contribution in [1.82, 2.24) is 10.2 Å². The summed E-state index contributed by atoms with van der Waals surface area (Å²) in [6.45, 7) is 8.47. The Morgan fingerprint density at radius 1 is 1.10 bits per heavy atom. The van der Waals surface area contributed by atoms with Gasteiger partial charge in [0.1, 0.15) is 11.8 Å². The maximum Gasteiger partial charge on any atom is 0.261 e. The number of carbonyl (C=O) groups is 2. The average Bonchev–Trinajstić information content (AvgIpc) is 2.69. The second-order valence-electron chi connectivity index (χ2n) is 7.54. The number of rotatable bonds is 9. The van der Waals surface area contributed by atoms with Crippen LogP contribution in [0.25, 0.3) is 0 Å². The average molecular weight is 417 g/mol. The summed E-state index contributed by atoms with van der Waals surface area (Å²) in [7, 11) is 0. The van der Waals surface area contributed by atoms with E-state index in [0.717, 1.165) is 11.1 Å². The van der Waals surface area contributed by atoms with E-state index in [0.29, 0.717) is 29.8 Å². The Morgan fingerprint density at radius 3 is 2.48 bits per heavy atom. The van der Waals surface area contributed by atoms with Gasteiger partial charge >= 0.3 is 0 Å². The highest BCUT2D eigenvalue weighted by Crippen LogP contribution is 2.23. The van der Waals surface area contributed by atoms with Crippen LogP contribution in [0.1, 0.15) is 31.9 Å². The van der Waals surface area contributed by atoms with E-state index in [2.05, 4.69) is 5.32 Å². The lowest BCUT2D eigenvalue weighted by Gasteiger charge is -2.29. The minimum atomic E-state index is -0.628. The Kier molecular flexibility index (Phi) is 8.52. The summed E-state index contributed by atoms with van der Waals surface area (Å²) >= 11 is 6.10. The van der Waals surface area contributed by atoms with Crippen LogP contribution in [0.3, 0.4) is 0 Å². The summed E-state index contributed by atoms with van der Waals surface area (Å²) in [6, 6.07) is 14.3. The molecule has 0 aliphatic carbocycles. The highest BCUT2D eigenvalue weighted by molar-refractivity contribution is 6.32. The molecule has 29 heavy (non-hydrogen) atoms. The van der Waals surface area contributed by atoms with Gasteiger partial charge in [0.25, 0.3) is 5.91 Å². The van der Waals surface area contributed by atoms with E-state index in [4.69, 9.17) is 16.3 Å². The van der Waals surface area contributed by atoms with Crippen molar-refractivity contribution < 1.29 is 14.3 Å². The molecule has 5 nitrogen and oxygen atoms in total. The molecule has 1 N–H and O–H groups in total. The van der Waals surface area contributed by atoms with Crippen molar-refractivity contribution in [1.29, 1.82) is 0 Å². The first-order chi connectivity index (χ1) is 13.8. The fraction of sp³-hybridized carbons (Fsp3) is 0.391. The molecule has 0 fully saturated rings. The highest BCUT2D eigenvalue weighted by Gasteiger charge is 2.26. The number of para-hydroxylation sites is 1. The smallest absolute Gasteiger partial charge is 0.261 e. The summed E-state index contributed by atoms with van der Waals surface area (Å²) in [5.41, 5.74) is 2.05. The molecular formula is C23H29ClN2O3. The molecule has 0 saturated heterocycles. The summed E-state index contributed by atoms with van der Waals surface area (Å²) in [5, 5.41) is 3.34. The van der Waals surface area contributed by atoms with Gasteiger partial charge < -0.3 is 15.0 Å². The number of carbonyl (C=O) groups excluding carboxylic acids is 2. The van der Waals surface area contributed by atoms with Crippen LogP contribution < -0.4 is 10.1 Å². The number of hydrogen-bond donors (Lipinski definition) is 1. The molecule has 0 aliphatic rings. The second kappa shape index (κ2) is 10.9. The molecule has 0 spiro atoms. The van der Waals surface area contributed by atoms with Crippen LogP contribution in [0.5, 0.6) is 5.75 Å².